The third-order valence-corrected chi connectivity index (χ3v) is 3.91. The first kappa shape index (κ1) is 18.3. The molecule has 0 atom stereocenters. The molecule has 0 fully saturated rings. The quantitative estimate of drug-likeness (QED) is 0.382. The molecule has 6 nitrogen and oxygen atoms in total. The zero-order valence-electron chi connectivity index (χ0n) is 15.0. The van der Waals surface area contributed by atoms with Crippen LogP contribution in [0.4, 0.5) is 5.69 Å². The van der Waals surface area contributed by atoms with Crippen molar-refractivity contribution in [3.63, 3.8) is 0 Å². The molecule has 0 bridgehead atoms. The second kappa shape index (κ2) is 8.71. The maximum Gasteiger partial charge on any atom is 0.262 e. The van der Waals surface area contributed by atoms with Crippen LogP contribution in [0.1, 0.15) is 12.5 Å². The van der Waals surface area contributed by atoms with Gasteiger partial charge in [-0.25, -0.2) is 0 Å². The van der Waals surface area contributed by atoms with Crippen LogP contribution in [0.25, 0.3) is 10.8 Å². The SMILES string of the molecule is CCOc1cc(C=NN)ccc1OCC(=O)Nc1cccc2ccccc12. The van der Waals surface area contributed by atoms with Gasteiger partial charge in [-0.1, -0.05) is 36.4 Å². The van der Waals surface area contributed by atoms with E-state index in [9.17, 15) is 4.79 Å². The highest BCUT2D eigenvalue weighted by atomic mass is 16.5. The molecule has 27 heavy (non-hydrogen) atoms. The summed E-state index contributed by atoms with van der Waals surface area (Å²) in [5, 5.41) is 8.44. The molecule has 0 aliphatic carbocycles. The summed E-state index contributed by atoms with van der Waals surface area (Å²) in [4.78, 5) is 12.4. The molecule has 0 unspecified atom stereocenters. The number of ether oxygens (including phenoxy) is 2. The lowest BCUT2D eigenvalue weighted by Gasteiger charge is -2.13. The average molecular weight is 363 g/mol. The predicted molar refractivity (Wildman–Crippen MR) is 107 cm³/mol. The van der Waals surface area contributed by atoms with Crippen molar-refractivity contribution in [3.8, 4) is 11.5 Å². The molecule has 0 aromatic heterocycles. The second-order valence-electron chi connectivity index (χ2n) is 5.78. The van der Waals surface area contributed by atoms with Crippen LogP contribution in [0.3, 0.4) is 0 Å². The van der Waals surface area contributed by atoms with Crippen LogP contribution in [0.2, 0.25) is 0 Å². The number of nitrogens with zero attached hydrogens (tertiary/aromatic N) is 1. The molecular weight excluding hydrogens is 342 g/mol. The van der Waals surface area contributed by atoms with Gasteiger partial charge in [0.1, 0.15) is 0 Å². The van der Waals surface area contributed by atoms with Crippen molar-refractivity contribution in [1.82, 2.24) is 0 Å². The number of rotatable bonds is 7. The van der Waals surface area contributed by atoms with Gasteiger partial charge >= 0.3 is 0 Å². The van der Waals surface area contributed by atoms with Gasteiger partial charge in [0, 0.05) is 11.1 Å². The van der Waals surface area contributed by atoms with Gasteiger partial charge in [-0.2, -0.15) is 5.10 Å². The van der Waals surface area contributed by atoms with E-state index in [1.54, 1.807) is 18.2 Å². The molecule has 1 amide bonds. The summed E-state index contributed by atoms with van der Waals surface area (Å²) in [6.07, 6.45) is 1.51. The number of anilines is 1. The molecule has 0 radical (unpaired) electrons. The second-order valence-corrected chi connectivity index (χ2v) is 5.78. The van der Waals surface area contributed by atoms with E-state index < -0.39 is 0 Å². The predicted octanol–water partition coefficient (Wildman–Crippen LogP) is 3.55. The van der Waals surface area contributed by atoms with Gasteiger partial charge in [-0.3, -0.25) is 4.79 Å². The highest BCUT2D eigenvalue weighted by molar-refractivity contribution is 6.02. The summed E-state index contributed by atoms with van der Waals surface area (Å²) in [5.74, 6) is 5.95. The first-order valence-electron chi connectivity index (χ1n) is 8.61. The van der Waals surface area contributed by atoms with E-state index in [-0.39, 0.29) is 12.5 Å². The number of nitrogens with two attached hydrogens (primary N) is 1. The normalized spacial score (nSPS) is 10.9. The van der Waals surface area contributed by atoms with E-state index in [0.29, 0.717) is 18.1 Å². The Bertz CT molecular complexity index is 965. The smallest absolute Gasteiger partial charge is 0.262 e. The van der Waals surface area contributed by atoms with Crippen molar-refractivity contribution < 1.29 is 14.3 Å². The van der Waals surface area contributed by atoms with Gasteiger partial charge in [0.05, 0.1) is 12.8 Å². The van der Waals surface area contributed by atoms with Crippen molar-refractivity contribution >= 4 is 28.6 Å². The van der Waals surface area contributed by atoms with Crippen LogP contribution in [0.5, 0.6) is 11.5 Å². The molecule has 3 aromatic carbocycles. The fraction of sp³-hybridized carbons (Fsp3) is 0.143. The number of carbonyl (C=O) groups excluding carboxylic acids is 1. The Morgan fingerprint density at radius 2 is 1.89 bits per heavy atom. The fourth-order valence-corrected chi connectivity index (χ4v) is 2.74. The number of hydrazone groups is 1. The van der Waals surface area contributed by atoms with E-state index in [0.717, 1.165) is 22.0 Å². The van der Waals surface area contributed by atoms with Crippen LogP contribution < -0.4 is 20.6 Å². The van der Waals surface area contributed by atoms with Gasteiger partial charge in [-0.05, 0) is 42.1 Å². The van der Waals surface area contributed by atoms with E-state index in [4.69, 9.17) is 15.3 Å². The molecular formula is C21H21N3O3. The number of carbonyl (C=O) groups is 1. The third-order valence-electron chi connectivity index (χ3n) is 3.91. The molecule has 3 aromatic rings. The average Bonchev–Trinajstić information content (AvgIpc) is 2.68. The summed E-state index contributed by atoms with van der Waals surface area (Å²) < 4.78 is 11.2. The molecule has 0 saturated carbocycles. The Morgan fingerprint density at radius 1 is 1.07 bits per heavy atom. The van der Waals surface area contributed by atoms with Crippen LogP contribution in [0, 0.1) is 0 Å². The van der Waals surface area contributed by atoms with Gasteiger partial charge in [0.2, 0.25) is 0 Å². The first-order chi connectivity index (χ1) is 13.2. The van der Waals surface area contributed by atoms with Gasteiger partial charge in [-0.15, -0.1) is 0 Å². The number of nitrogens with one attached hydrogen (secondary N) is 1. The number of benzene rings is 3. The van der Waals surface area contributed by atoms with Crippen LogP contribution in [0.15, 0.2) is 65.8 Å². The summed E-state index contributed by atoms with van der Waals surface area (Å²) in [6.45, 7) is 2.22. The third kappa shape index (κ3) is 4.55. The zero-order chi connectivity index (χ0) is 19.1. The van der Waals surface area contributed by atoms with Gasteiger partial charge < -0.3 is 20.6 Å². The Kier molecular flexibility index (Phi) is 5.89. The van der Waals surface area contributed by atoms with E-state index >= 15 is 0 Å². The molecule has 3 N–H and O–H groups in total. The summed E-state index contributed by atoms with van der Waals surface area (Å²) in [7, 11) is 0. The Hall–Kier alpha value is -3.54. The number of hydrogen-bond acceptors (Lipinski definition) is 5. The van der Waals surface area contributed by atoms with E-state index in [2.05, 4.69) is 10.4 Å². The van der Waals surface area contributed by atoms with Crippen molar-refractivity contribution in [2.45, 2.75) is 6.92 Å². The molecule has 6 heteroatoms. The molecule has 0 spiro atoms. The minimum atomic E-state index is -0.249. The maximum absolute atomic E-state index is 12.4. The first-order valence-corrected chi connectivity index (χ1v) is 8.61. The van der Waals surface area contributed by atoms with Crippen molar-refractivity contribution in [2.24, 2.45) is 10.9 Å². The number of amides is 1. The minimum absolute atomic E-state index is 0.131. The molecule has 0 aliphatic rings. The largest absolute Gasteiger partial charge is 0.490 e. The Morgan fingerprint density at radius 3 is 2.70 bits per heavy atom. The number of fused-ring (bicyclic) bond motifs is 1. The van der Waals surface area contributed by atoms with Crippen molar-refractivity contribution in [3.05, 3.63) is 66.2 Å². The lowest BCUT2D eigenvalue weighted by atomic mass is 10.1. The minimum Gasteiger partial charge on any atom is -0.490 e. The summed E-state index contributed by atoms with van der Waals surface area (Å²) in [6, 6.07) is 18.9. The Labute approximate surface area is 157 Å². The lowest BCUT2D eigenvalue weighted by Crippen LogP contribution is -2.20. The highest BCUT2D eigenvalue weighted by Crippen LogP contribution is 2.28. The lowest BCUT2D eigenvalue weighted by molar-refractivity contribution is -0.118. The van der Waals surface area contributed by atoms with Crippen LogP contribution in [-0.2, 0) is 4.79 Å². The van der Waals surface area contributed by atoms with Gasteiger partial charge in [0.15, 0.2) is 18.1 Å². The monoisotopic (exact) mass is 363 g/mol. The van der Waals surface area contributed by atoms with Crippen molar-refractivity contribution in [1.29, 1.82) is 0 Å². The topological polar surface area (TPSA) is 85.9 Å². The number of hydrogen-bond donors (Lipinski definition) is 2. The molecule has 3 rings (SSSR count). The van der Waals surface area contributed by atoms with Gasteiger partial charge in [0.25, 0.3) is 5.91 Å². The standard InChI is InChI=1S/C21H21N3O3/c1-2-26-20-12-15(13-23-22)10-11-19(20)27-14-21(25)24-18-9-5-7-16-6-3-4-8-17(16)18/h3-13H,2,14,22H2,1H3,(H,24,25). The zero-order valence-corrected chi connectivity index (χ0v) is 15.0. The molecule has 0 saturated heterocycles. The highest BCUT2D eigenvalue weighted by Gasteiger charge is 2.10. The summed E-state index contributed by atoms with van der Waals surface area (Å²) in [5.41, 5.74) is 1.54. The van der Waals surface area contributed by atoms with Crippen LogP contribution >= 0.6 is 0 Å². The molecule has 0 aliphatic heterocycles. The fourth-order valence-electron chi connectivity index (χ4n) is 2.74. The van der Waals surface area contributed by atoms with Crippen LogP contribution in [-0.4, -0.2) is 25.3 Å². The summed E-state index contributed by atoms with van der Waals surface area (Å²) >= 11 is 0. The molecule has 138 valence electrons. The van der Waals surface area contributed by atoms with E-state index in [1.807, 2.05) is 49.4 Å². The Balaban J connectivity index is 1.70. The van der Waals surface area contributed by atoms with E-state index in [1.165, 1.54) is 6.21 Å². The molecule has 0 heterocycles. The van der Waals surface area contributed by atoms with Crippen molar-refractivity contribution in [2.75, 3.05) is 18.5 Å². The maximum atomic E-state index is 12.4.